The van der Waals surface area contributed by atoms with E-state index in [9.17, 15) is 38.7 Å². The number of nitrogen functional groups attached to an aromatic ring is 2. The van der Waals surface area contributed by atoms with Crippen LogP contribution in [0.3, 0.4) is 0 Å². The van der Waals surface area contributed by atoms with Gasteiger partial charge in [0.1, 0.15) is 72.5 Å². The number of anilines is 6. The number of likely N-dealkylation sites (tertiary alicyclic amines) is 1. The molecule has 40 heteroatoms. The number of unbranched alkanes of at least 4 members (excludes halogenated alkanes) is 1. The van der Waals surface area contributed by atoms with Crippen LogP contribution in [0.1, 0.15) is 122 Å². The van der Waals surface area contributed by atoms with Crippen molar-refractivity contribution in [1.29, 1.82) is 0 Å². The number of halogens is 1. The van der Waals surface area contributed by atoms with E-state index in [-0.39, 0.29) is 92.9 Å². The number of aliphatic hydroxyl groups excluding tert-OH is 1. The van der Waals surface area contributed by atoms with Crippen LogP contribution in [-0.2, 0) is 94.4 Å². The van der Waals surface area contributed by atoms with Crippen LogP contribution in [-0.4, -0.2) is 220 Å². The Morgan fingerprint density at radius 3 is 1.40 bits per heavy atom. The van der Waals surface area contributed by atoms with Crippen LogP contribution in [0.4, 0.5) is 35.2 Å². The highest BCUT2D eigenvalue weighted by molar-refractivity contribution is 6.30. The number of H-pyrrole nitrogens is 2. The molecule has 13 amide bonds. The van der Waals surface area contributed by atoms with Gasteiger partial charge in [0.2, 0.25) is 101 Å². The van der Waals surface area contributed by atoms with Crippen LogP contribution < -0.4 is 91.6 Å². The molecule has 8 aromatic rings. The van der Waals surface area contributed by atoms with Gasteiger partial charge >= 0.3 is 0 Å². The van der Waals surface area contributed by atoms with E-state index in [1.165, 1.54) is 67.5 Å². The lowest BCUT2D eigenvalue weighted by Crippen LogP contribution is -2.62. The molecule has 1 fully saturated rings. The van der Waals surface area contributed by atoms with Crippen molar-refractivity contribution >= 4 is 134 Å². The van der Waals surface area contributed by atoms with Crippen LogP contribution in [0.2, 0.25) is 5.02 Å². The lowest BCUT2D eigenvalue weighted by molar-refractivity contribution is -0.142. The number of carbonyl (C=O) groups excluding carboxylic acids is 13. The highest BCUT2D eigenvalue weighted by atomic mass is 35.5. The van der Waals surface area contributed by atoms with Crippen molar-refractivity contribution in [3.63, 3.8) is 0 Å². The number of aromatic nitrogens is 7. The molecule has 0 unspecified atom stereocenters. The summed E-state index contributed by atoms with van der Waals surface area (Å²) in [5.74, 6) is -10.4. The summed E-state index contributed by atoms with van der Waals surface area (Å²) >= 11 is 6.30. The van der Waals surface area contributed by atoms with Gasteiger partial charge in [0.15, 0.2) is 0 Å². The first-order valence-corrected chi connectivity index (χ1v) is 42.0. The molecule has 0 spiro atoms. The van der Waals surface area contributed by atoms with Crippen LogP contribution >= 0.6 is 11.6 Å². The third-order valence-corrected chi connectivity index (χ3v) is 20.9. The Balaban J connectivity index is 1.03. The second-order valence-corrected chi connectivity index (χ2v) is 32.2. The normalized spacial score (nSPS) is 15.1. The van der Waals surface area contributed by atoms with Crippen molar-refractivity contribution in [2.75, 3.05) is 52.4 Å². The molecule has 39 nitrogen and oxygen atoms in total. The third-order valence-electron chi connectivity index (χ3n) is 20.7. The SMILES string of the molecule is CC(=O)N[C@H](Cc1ccc2ccccc2c1)C(=O)N[C@H](Cc1ccc(Cl)cc1)C(=O)N[C@H](Cc1cccnc1)C(=O)N[C@@H](CO)C(=O)N[C@@H](Cc1ccc(NC(=O)[C@@H](C)Nc2nc(N)n[nH]2)cc1)C(=O)N[C@H](Cc1ccc(NC(=O)[C@@H](C)Nc2nc(N)n[nH]2)cc1)C(=O)N[C@@H](CC(C)C)C(=O)N[C@@H](CCCCNC(C)C)C(=O)N1CCC[C@H]1C(=O)N[C@H](C)C(N)=O. The van der Waals surface area contributed by atoms with Crippen LogP contribution in [0.25, 0.3) is 10.8 Å². The summed E-state index contributed by atoms with van der Waals surface area (Å²) < 4.78 is 0. The molecule has 1 aliphatic heterocycles. The minimum atomic E-state index is -1.92. The molecule has 0 saturated carbocycles. The second kappa shape index (κ2) is 46.7. The largest absolute Gasteiger partial charge is 0.394 e. The molecule has 12 atom stereocenters. The molecule has 9 rings (SSSR count). The Morgan fingerprint density at radius 1 is 0.492 bits per heavy atom. The average Bonchev–Trinajstić information content (AvgIpc) is 1.73. The van der Waals surface area contributed by atoms with Gasteiger partial charge in [-0.05, 0) is 153 Å². The van der Waals surface area contributed by atoms with E-state index in [4.69, 9.17) is 28.8 Å². The summed E-state index contributed by atoms with van der Waals surface area (Å²) in [6.07, 6.45) is 3.46. The quantitative estimate of drug-likeness (QED) is 0.0242. The van der Waals surface area contributed by atoms with Gasteiger partial charge in [-0.2, -0.15) is 9.97 Å². The molecule has 4 heterocycles. The van der Waals surface area contributed by atoms with E-state index in [1.807, 2.05) is 56.3 Å². The average molecular weight is 1760 g/mol. The number of nitrogens with one attached hydrogen (secondary N) is 16. The highest BCUT2D eigenvalue weighted by Gasteiger charge is 2.41. The van der Waals surface area contributed by atoms with E-state index in [0.29, 0.717) is 64.3 Å². The molecule has 1 aliphatic rings. The Morgan fingerprint density at radius 2 is 0.937 bits per heavy atom. The summed E-state index contributed by atoms with van der Waals surface area (Å²) in [5.41, 5.74) is 19.7. The first-order chi connectivity index (χ1) is 60.1. The molecule has 672 valence electrons. The number of fused-ring (bicyclic) bond motifs is 1. The van der Waals surface area contributed by atoms with E-state index in [0.717, 1.165) is 10.8 Å². The summed E-state index contributed by atoms with van der Waals surface area (Å²) in [6, 6.07) is 19.2. The summed E-state index contributed by atoms with van der Waals surface area (Å²) in [5, 5.41) is 65.3. The first kappa shape index (κ1) is 96.1. The second-order valence-electron chi connectivity index (χ2n) is 31.8. The van der Waals surface area contributed by atoms with Gasteiger partial charge in [0, 0.05) is 80.4 Å². The van der Waals surface area contributed by atoms with Crippen molar-refractivity contribution in [1.82, 2.24) is 93.4 Å². The van der Waals surface area contributed by atoms with Gasteiger partial charge < -0.3 is 102 Å². The fourth-order valence-electron chi connectivity index (χ4n) is 14.0. The van der Waals surface area contributed by atoms with Crippen LogP contribution in [0.5, 0.6) is 0 Å². The molecule has 0 radical (unpaired) electrons. The zero-order valence-corrected chi connectivity index (χ0v) is 72.1. The number of amides is 13. The maximum Gasteiger partial charge on any atom is 0.246 e. The number of nitrogens with zero attached hydrogens (tertiary/aromatic N) is 6. The van der Waals surface area contributed by atoms with Crippen LogP contribution in [0, 0.1) is 5.92 Å². The molecule has 1 saturated heterocycles. The van der Waals surface area contributed by atoms with Crippen molar-refractivity contribution in [2.45, 2.75) is 205 Å². The monoisotopic (exact) mass is 1750 g/mol. The summed E-state index contributed by atoms with van der Waals surface area (Å²) in [6.45, 7) is 12.9. The van der Waals surface area contributed by atoms with Gasteiger partial charge in [0.05, 0.1) is 6.61 Å². The number of primary amides is 1. The van der Waals surface area contributed by atoms with Gasteiger partial charge in [-0.15, -0.1) is 10.2 Å². The first-order valence-electron chi connectivity index (χ1n) is 41.6. The maximum absolute atomic E-state index is 15.7. The van der Waals surface area contributed by atoms with E-state index in [2.05, 4.69) is 110 Å². The maximum atomic E-state index is 15.7. The Bertz CT molecular complexity index is 5080. The van der Waals surface area contributed by atoms with E-state index >= 15 is 28.8 Å². The van der Waals surface area contributed by atoms with Crippen molar-refractivity contribution < 1.29 is 67.4 Å². The number of aliphatic hydroxyl groups is 1. The molecule has 3 aromatic heterocycles. The number of nitrogens with two attached hydrogens (primary N) is 3. The number of hydrogen-bond donors (Lipinski definition) is 20. The predicted octanol–water partition coefficient (Wildman–Crippen LogP) is 1.77. The van der Waals surface area contributed by atoms with Crippen molar-refractivity contribution in [3.05, 3.63) is 173 Å². The van der Waals surface area contributed by atoms with E-state index < -0.39 is 162 Å². The summed E-state index contributed by atoms with van der Waals surface area (Å²) in [7, 11) is 0. The number of benzene rings is 5. The van der Waals surface area contributed by atoms with Crippen molar-refractivity contribution in [3.8, 4) is 0 Å². The predicted molar refractivity (Wildman–Crippen MR) is 472 cm³/mol. The van der Waals surface area contributed by atoms with Gasteiger partial charge in [0.25, 0.3) is 0 Å². The lowest BCUT2D eigenvalue weighted by Gasteiger charge is -2.31. The molecule has 23 N–H and O–H groups in total. The molecule has 0 bridgehead atoms. The minimum Gasteiger partial charge on any atom is -0.394 e. The molecular formula is C86H112ClN25O14. The van der Waals surface area contributed by atoms with Gasteiger partial charge in [-0.1, -0.05) is 124 Å². The molecule has 126 heavy (non-hydrogen) atoms. The minimum absolute atomic E-state index is 0.00662. The fraction of sp³-hybridized carbons (Fsp3) is 0.419. The number of carbonyl (C=O) groups is 13. The molecule has 0 aliphatic carbocycles. The smallest absolute Gasteiger partial charge is 0.246 e. The molecule has 5 aromatic carbocycles. The zero-order chi connectivity index (χ0) is 91.3. The topological polar surface area (TPSA) is 588 Å². The zero-order valence-electron chi connectivity index (χ0n) is 71.3. The number of pyridine rings is 1. The van der Waals surface area contributed by atoms with Crippen LogP contribution in [0.15, 0.2) is 140 Å². The summed E-state index contributed by atoms with van der Waals surface area (Å²) in [4.78, 5) is 200. The van der Waals surface area contributed by atoms with Gasteiger partial charge in [-0.25, -0.2) is 10.2 Å². The number of aromatic amines is 2. The Kier molecular flexibility index (Phi) is 35.6. The van der Waals surface area contributed by atoms with Gasteiger partial charge in [-0.3, -0.25) is 67.3 Å². The molecular weight excluding hydrogens is 1640 g/mol. The Labute approximate surface area is 732 Å². The highest BCUT2D eigenvalue weighted by Crippen LogP contribution is 2.24. The fourth-order valence-corrected chi connectivity index (χ4v) is 14.1. The third kappa shape index (κ3) is 29.8. The lowest BCUT2D eigenvalue weighted by atomic mass is 9.99. The van der Waals surface area contributed by atoms with Crippen molar-refractivity contribution in [2.24, 2.45) is 11.7 Å². The standard InChI is InChI=1S/C86H112ClN25O14/c1-46(2)37-63(74(118)99-62(18-11-12-35-92-47(3)4)82(126)112-36-14-19-70(112)81(125)93-48(5)71(88)115)100-76(120)66(40-53-23-30-60(31-24-53)97-72(116)49(6)94-85-106-83(89)108-110-85)102-78(122)67(41-54-25-32-61(33-26-54)98-73(117)50(7)95-86-107-84(90)109-111-86)104-80(124)69(45-113)105-79(123)68(43-56-15-13-34-91-44-56)103-77(121)65(39-52-21-28-59(87)29-22-52)101-75(119)64(96-51(8)114)42-55-20-27-57-16-9-10-17-58(57)38-55/h9-10,13,15-17,20-34,38,44,46-50,62-70,92,113H,11-12,14,18-19,35-37,39-43,45H2,1-8H3,(H2,88,115)(H,93,125)(H,96,114)(H,97,116)(H,98,117)(H,99,118)(H,100,120)(H,101,119)(H,102,122)(H,103,121)(H,104,124)(H,105,123)(H4,89,94,106,108,110)(H4,90,95,107,109,111)/t48-,49-,50-,62+,63+,64-,65-,66-,67+,68-,69+,70+/m1/s1. The number of rotatable bonds is 46. The number of hydrogen-bond acceptors (Lipinski definition) is 24. The Hall–Kier alpha value is -13.7. The van der Waals surface area contributed by atoms with E-state index in [1.54, 1.807) is 76.2 Å².